The number of methoxy groups -OCH3 is 1. The molecule has 29 heavy (non-hydrogen) atoms. The Labute approximate surface area is 175 Å². The van der Waals surface area contributed by atoms with E-state index in [0.717, 1.165) is 33.7 Å². The molecule has 0 spiro atoms. The summed E-state index contributed by atoms with van der Waals surface area (Å²) >= 11 is 1.69. The van der Waals surface area contributed by atoms with Gasteiger partial charge >= 0.3 is 0 Å². The molecular weight excluding hydrogens is 378 g/mol. The van der Waals surface area contributed by atoms with Gasteiger partial charge in [0.25, 0.3) is 0 Å². The van der Waals surface area contributed by atoms with Gasteiger partial charge in [-0.3, -0.25) is 4.57 Å². The Morgan fingerprint density at radius 2 is 1.62 bits per heavy atom. The van der Waals surface area contributed by atoms with Gasteiger partial charge in [-0.25, -0.2) is 0 Å². The number of aryl methyl sites for hydroxylation is 2. The van der Waals surface area contributed by atoms with Gasteiger partial charge in [0.05, 0.1) is 12.7 Å². The predicted octanol–water partition coefficient (Wildman–Crippen LogP) is 5.85. The van der Waals surface area contributed by atoms with Gasteiger partial charge in [-0.2, -0.15) is 0 Å². The molecule has 0 fully saturated rings. The van der Waals surface area contributed by atoms with Crippen molar-refractivity contribution < 1.29 is 4.74 Å². The zero-order valence-electron chi connectivity index (χ0n) is 16.8. The van der Waals surface area contributed by atoms with Crippen LogP contribution in [0.4, 0.5) is 0 Å². The Morgan fingerprint density at radius 3 is 2.38 bits per heavy atom. The molecule has 0 atom stereocenters. The second-order valence-corrected chi connectivity index (χ2v) is 7.83. The van der Waals surface area contributed by atoms with E-state index >= 15 is 0 Å². The lowest BCUT2D eigenvalue weighted by atomic mass is 10.1. The summed E-state index contributed by atoms with van der Waals surface area (Å²) in [4.78, 5) is 0. The Hall–Kier alpha value is -3.05. The van der Waals surface area contributed by atoms with Crippen LogP contribution in [0.25, 0.3) is 17.1 Å². The molecule has 4 aromatic rings. The zero-order chi connectivity index (χ0) is 20.2. The van der Waals surface area contributed by atoms with Gasteiger partial charge in [-0.05, 0) is 54.8 Å². The summed E-state index contributed by atoms with van der Waals surface area (Å²) in [6, 6.07) is 24.7. The van der Waals surface area contributed by atoms with Crippen molar-refractivity contribution in [3.05, 3.63) is 89.5 Å². The number of para-hydroxylation sites is 2. The Bertz CT molecular complexity index is 1120. The van der Waals surface area contributed by atoms with Crippen molar-refractivity contribution in [1.82, 2.24) is 14.8 Å². The molecule has 0 amide bonds. The molecule has 4 nitrogen and oxygen atoms in total. The molecular formula is C24H23N3OS. The maximum absolute atomic E-state index is 5.57. The third kappa shape index (κ3) is 4.05. The minimum atomic E-state index is 0.774. The number of nitrogens with zero attached hydrogens (tertiary/aromatic N) is 3. The summed E-state index contributed by atoms with van der Waals surface area (Å²) < 4.78 is 7.67. The van der Waals surface area contributed by atoms with Crippen LogP contribution in [0.1, 0.15) is 16.7 Å². The number of benzene rings is 3. The Kier molecular flexibility index (Phi) is 5.67. The van der Waals surface area contributed by atoms with Crippen LogP contribution in [-0.4, -0.2) is 21.9 Å². The minimum Gasteiger partial charge on any atom is -0.496 e. The van der Waals surface area contributed by atoms with Gasteiger partial charge in [0.2, 0.25) is 0 Å². The van der Waals surface area contributed by atoms with E-state index in [2.05, 4.69) is 58.9 Å². The fourth-order valence-corrected chi connectivity index (χ4v) is 4.11. The number of aromatic nitrogens is 3. The van der Waals surface area contributed by atoms with Crippen LogP contribution in [-0.2, 0) is 5.75 Å². The van der Waals surface area contributed by atoms with Crippen LogP contribution in [0.2, 0.25) is 0 Å². The van der Waals surface area contributed by atoms with Crippen molar-refractivity contribution >= 4 is 11.8 Å². The summed E-state index contributed by atoms with van der Waals surface area (Å²) in [5.74, 6) is 2.39. The lowest BCUT2D eigenvalue weighted by molar-refractivity contribution is 0.416. The molecule has 0 saturated heterocycles. The molecule has 5 heteroatoms. The van der Waals surface area contributed by atoms with Crippen LogP contribution in [0.5, 0.6) is 5.75 Å². The predicted molar refractivity (Wildman–Crippen MR) is 119 cm³/mol. The third-order valence-electron chi connectivity index (χ3n) is 4.93. The molecule has 146 valence electrons. The molecule has 0 bridgehead atoms. The topological polar surface area (TPSA) is 39.9 Å². The molecule has 0 saturated carbocycles. The van der Waals surface area contributed by atoms with E-state index in [1.807, 2.05) is 42.5 Å². The first-order valence-corrected chi connectivity index (χ1v) is 10.5. The molecule has 1 aromatic heterocycles. The standard InChI is InChI=1S/C24H23N3OS/c1-17-13-14-19(15-18(17)2)16-29-24-26-25-23(21-11-7-8-12-22(21)28-3)27(24)20-9-5-4-6-10-20/h4-15H,16H2,1-3H3. The molecule has 0 aliphatic carbocycles. The normalized spacial score (nSPS) is 10.9. The minimum absolute atomic E-state index is 0.774. The van der Waals surface area contributed by atoms with Crippen molar-refractivity contribution in [2.45, 2.75) is 24.8 Å². The average molecular weight is 402 g/mol. The van der Waals surface area contributed by atoms with Crippen LogP contribution in [0.3, 0.4) is 0 Å². The summed E-state index contributed by atoms with van der Waals surface area (Å²) in [7, 11) is 1.68. The third-order valence-corrected chi connectivity index (χ3v) is 5.93. The first kappa shape index (κ1) is 19.3. The van der Waals surface area contributed by atoms with Gasteiger partial charge in [-0.1, -0.05) is 60.3 Å². The molecule has 0 unspecified atom stereocenters. The first-order chi connectivity index (χ1) is 14.2. The van der Waals surface area contributed by atoms with E-state index in [1.165, 1.54) is 16.7 Å². The van der Waals surface area contributed by atoms with E-state index in [1.54, 1.807) is 18.9 Å². The van der Waals surface area contributed by atoms with E-state index in [-0.39, 0.29) is 0 Å². The maximum Gasteiger partial charge on any atom is 0.196 e. The van der Waals surface area contributed by atoms with Crippen LogP contribution in [0.15, 0.2) is 78.0 Å². The van der Waals surface area contributed by atoms with Crippen molar-refractivity contribution in [1.29, 1.82) is 0 Å². The average Bonchev–Trinajstić information content (AvgIpc) is 3.19. The number of thioether (sulfide) groups is 1. The van der Waals surface area contributed by atoms with Crippen LogP contribution >= 0.6 is 11.8 Å². The van der Waals surface area contributed by atoms with Gasteiger partial charge in [0.15, 0.2) is 11.0 Å². The molecule has 0 radical (unpaired) electrons. The SMILES string of the molecule is COc1ccccc1-c1nnc(SCc2ccc(C)c(C)c2)n1-c1ccccc1. The summed E-state index contributed by atoms with van der Waals surface area (Å²) in [6.45, 7) is 4.29. The fourth-order valence-electron chi connectivity index (χ4n) is 3.22. The summed E-state index contributed by atoms with van der Waals surface area (Å²) in [5, 5.41) is 9.90. The number of rotatable bonds is 6. The molecule has 4 rings (SSSR count). The van der Waals surface area contributed by atoms with Crippen LogP contribution in [0, 0.1) is 13.8 Å². The fraction of sp³-hybridized carbons (Fsp3) is 0.167. The second kappa shape index (κ2) is 8.53. The maximum atomic E-state index is 5.57. The van der Waals surface area contributed by atoms with Gasteiger partial charge in [0.1, 0.15) is 5.75 Å². The van der Waals surface area contributed by atoms with E-state index < -0.39 is 0 Å². The summed E-state index contributed by atoms with van der Waals surface area (Å²) in [5.41, 5.74) is 5.84. The lowest BCUT2D eigenvalue weighted by Crippen LogP contribution is -2.00. The largest absolute Gasteiger partial charge is 0.496 e. The lowest BCUT2D eigenvalue weighted by Gasteiger charge is -2.12. The molecule has 1 heterocycles. The molecule has 0 aliphatic heterocycles. The summed E-state index contributed by atoms with van der Waals surface area (Å²) in [6.07, 6.45) is 0. The number of hydrogen-bond acceptors (Lipinski definition) is 4. The van der Waals surface area contributed by atoms with Crippen molar-refractivity contribution in [3.63, 3.8) is 0 Å². The van der Waals surface area contributed by atoms with Crippen LogP contribution < -0.4 is 4.74 Å². The molecule has 3 aromatic carbocycles. The van der Waals surface area contributed by atoms with Gasteiger partial charge in [0, 0.05) is 11.4 Å². The van der Waals surface area contributed by atoms with E-state index in [9.17, 15) is 0 Å². The second-order valence-electron chi connectivity index (χ2n) is 6.88. The highest BCUT2D eigenvalue weighted by Gasteiger charge is 2.18. The van der Waals surface area contributed by atoms with Gasteiger partial charge in [-0.15, -0.1) is 10.2 Å². The molecule has 0 aliphatic rings. The van der Waals surface area contributed by atoms with Gasteiger partial charge < -0.3 is 4.74 Å². The highest BCUT2D eigenvalue weighted by molar-refractivity contribution is 7.98. The van der Waals surface area contributed by atoms with E-state index in [4.69, 9.17) is 4.74 Å². The number of hydrogen-bond donors (Lipinski definition) is 0. The highest BCUT2D eigenvalue weighted by atomic mass is 32.2. The molecule has 0 N–H and O–H groups in total. The quantitative estimate of drug-likeness (QED) is 0.380. The number of ether oxygens (including phenoxy) is 1. The van der Waals surface area contributed by atoms with E-state index in [0.29, 0.717) is 0 Å². The first-order valence-electron chi connectivity index (χ1n) is 9.50. The van der Waals surface area contributed by atoms with Crippen molar-refractivity contribution in [2.75, 3.05) is 7.11 Å². The Morgan fingerprint density at radius 1 is 0.862 bits per heavy atom. The monoisotopic (exact) mass is 401 g/mol. The van der Waals surface area contributed by atoms with Crippen molar-refractivity contribution in [2.24, 2.45) is 0 Å². The highest BCUT2D eigenvalue weighted by Crippen LogP contribution is 2.34. The smallest absolute Gasteiger partial charge is 0.196 e. The zero-order valence-corrected chi connectivity index (χ0v) is 17.6. The van der Waals surface area contributed by atoms with Crippen molar-refractivity contribution in [3.8, 4) is 22.8 Å². The Balaban J connectivity index is 1.74.